The first-order chi connectivity index (χ1) is 15.0. The van der Waals surface area contributed by atoms with Gasteiger partial charge in [-0.3, -0.25) is 0 Å². The standard InChI is InChI=1S/C25H20N4O2/c1-30-20-7-3-18(4-8-20)25(19-5-9-21(31-2)10-6-19)22(11-12-22)13-23(14-26,15-27)24(25,16-28)17-29/h3-10H,11-13H2,1-2H3. The number of nitrogens with zero attached hydrogens (tertiary/aromatic N) is 4. The Kier molecular flexibility index (Phi) is 4.43. The van der Waals surface area contributed by atoms with E-state index in [0.29, 0.717) is 11.5 Å². The molecule has 6 nitrogen and oxygen atoms in total. The van der Waals surface area contributed by atoms with E-state index in [9.17, 15) is 21.0 Å². The Morgan fingerprint density at radius 2 is 1.10 bits per heavy atom. The predicted octanol–water partition coefficient (Wildman–Crippen LogP) is 4.24. The number of methoxy groups -OCH3 is 2. The number of benzene rings is 2. The molecule has 0 N–H and O–H groups in total. The van der Waals surface area contributed by atoms with E-state index in [2.05, 4.69) is 24.3 Å². The Labute approximate surface area is 181 Å². The molecule has 0 saturated heterocycles. The summed E-state index contributed by atoms with van der Waals surface area (Å²) < 4.78 is 10.6. The lowest BCUT2D eigenvalue weighted by molar-refractivity contribution is 0.234. The summed E-state index contributed by atoms with van der Waals surface area (Å²) in [5, 5.41) is 41.3. The van der Waals surface area contributed by atoms with Crippen molar-refractivity contribution in [1.82, 2.24) is 0 Å². The molecule has 1 spiro atoms. The van der Waals surface area contributed by atoms with E-state index in [4.69, 9.17) is 9.47 Å². The van der Waals surface area contributed by atoms with Crippen molar-refractivity contribution in [2.75, 3.05) is 14.2 Å². The molecule has 0 aliphatic heterocycles. The molecule has 0 bridgehead atoms. The summed E-state index contributed by atoms with van der Waals surface area (Å²) in [5.74, 6) is 1.28. The Morgan fingerprint density at radius 3 is 1.39 bits per heavy atom. The summed E-state index contributed by atoms with van der Waals surface area (Å²) in [4.78, 5) is 0. The van der Waals surface area contributed by atoms with Gasteiger partial charge in [0.1, 0.15) is 11.5 Å². The monoisotopic (exact) mass is 408 g/mol. The fraction of sp³-hybridized carbons (Fsp3) is 0.360. The van der Waals surface area contributed by atoms with E-state index in [1.165, 1.54) is 0 Å². The molecule has 0 amide bonds. The van der Waals surface area contributed by atoms with Crippen LogP contribution in [0.15, 0.2) is 48.5 Å². The van der Waals surface area contributed by atoms with E-state index >= 15 is 0 Å². The normalized spacial score (nSPS) is 20.5. The van der Waals surface area contributed by atoms with Gasteiger partial charge in [0.15, 0.2) is 10.8 Å². The topological polar surface area (TPSA) is 114 Å². The highest BCUT2D eigenvalue weighted by atomic mass is 16.5. The van der Waals surface area contributed by atoms with Gasteiger partial charge in [-0.1, -0.05) is 24.3 Å². The fourth-order valence-electron chi connectivity index (χ4n) is 5.74. The van der Waals surface area contributed by atoms with E-state index in [0.717, 1.165) is 24.0 Å². The lowest BCUT2D eigenvalue weighted by Crippen LogP contribution is -2.51. The molecule has 2 aromatic rings. The molecule has 2 aromatic carbocycles. The van der Waals surface area contributed by atoms with Gasteiger partial charge in [-0.15, -0.1) is 0 Å². The molecule has 6 heteroatoms. The highest BCUT2D eigenvalue weighted by molar-refractivity contribution is 5.61. The Balaban J connectivity index is 2.15. The molecule has 0 atom stereocenters. The Morgan fingerprint density at radius 1 is 0.677 bits per heavy atom. The molecule has 4 rings (SSSR count). The molecular weight excluding hydrogens is 388 g/mol. The van der Waals surface area contributed by atoms with E-state index in [-0.39, 0.29) is 6.42 Å². The van der Waals surface area contributed by atoms with Crippen LogP contribution in [0.3, 0.4) is 0 Å². The summed E-state index contributed by atoms with van der Waals surface area (Å²) in [6.45, 7) is 0. The van der Waals surface area contributed by atoms with Crippen molar-refractivity contribution in [3.63, 3.8) is 0 Å². The maximum atomic E-state index is 10.5. The van der Waals surface area contributed by atoms with Crippen LogP contribution in [0.25, 0.3) is 0 Å². The van der Waals surface area contributed by atoms with Crippen LogP contribution in [0.5, 0.6) is 11.5 Å². The van der Waals surface area contributed by atoms with Gasteiger partial charge in [0.2, 0.25) is 0 Å². The zero-order chi connectivity index (χ0) is 22.3. The van der Waals surface area contributed by atoms with Gasteiger partial charge in [0, 0.05) is 0 Å². The quantitative estimate of drug-likeness (QED) is 0.747. The maximum Gasteiger partial charge on any atom is 0.189 e. The first-order valence-electron chi connectivity index (χ1n) is 9.93. The number of nitriles is 4. The van der Waals surface area contributed by atoms with E-state index in [1.54, 1.807) is 38.5 Å². The summed E-state index contributed by atoms with van der Waals surface area (Å²) >= 11 is 0. The molecule has 31 heavy (non-hydrogen) atoms. The number of ether oxygens (including phenoxy) is 2. The first-order valence-corrected chi connectivity index (χ1v) is 9.93. The van der Waals surface area contributed by atoms with E-state index in [1.807, 2.05) is 24.3 Å². The highest BCUT2D eigenvalue weighted by Gasteiger charge is 2.84. The van der Waals surface area contributed by atoms with Crippen molar-refractivity contribution in [2.45, 2.75) is 24.7 Å². The minimum Gasteiger partial charge on any atom is -0.497 e. The van der Waals surface area contributed by atoms with Gasteiger partial charge in [-0.2, -0.15) is 21.0 Å². The van der Waals surface area contributed by atoms with Gasteiger partial charge >= 0.3 is 0 Å². The van der Waals surface area contributed by atoms with Crippen molar-refractivity contribution in [3.05, 3.63) is 59.7 Å². The molecule has 2 fully saturated rings. The zero-order valence-electron chi connectivity index (χ0n) is 17.3. The molecule has 2 aliphatic carbocycles. The van der Waals surface area contributed by atoms with Gasteiger partial charge in [0.25, 0.3) is 0 Å². The zero-order valence-corrected chi connectivity index (χ0v) is 17.3. The van der Waals surface area contributed by atoms with Crippen LogP contribution in [0.2, 0.25) is 0 Å². The molecule has 0 aromatic heterocycles. The second-order valence-corrected chi connectivity index (χ2v) is 8.27. The Bertz CT molecular complexity index is 1110. The second-order valence-electron chi connectivity index (χ2n) is 8.27. The van der Waals surface area contributed by atoms with Crippen molar-refractivity contribution in [1.29, 1.82) is 21.0 Å². The molecule has 2 aliphatic rings. The van der Waals surface area contributed by atoms with Crippen LogP contribution in [-0.4, -0.2) is 14.2 Å². The predicted molar refractivity (Wildman–Crippen MR) is 110 cm³/mol. The van der Waals surface area contributed by atoms with Crippen LogP contribution in [0.1, 0.15) is 30.4 Å². The van der Waals surface area contributed by atoms with Crippen molar-refractivity contribution in [3.8, 4) is 35.8 Å². The first kappa shape index (κ1) is 20.3. The van der Waals surface area contributed by atoms with Crippen LogP contribution in [0.4, 0.5) is 0 Å². The van der Waals surface area contributed by atoms with Gasteiger partial charge in [-0.05, 0) is 60.1 Å². The van der Waals surface area contributed by atoms with Gasteiger partial charge in [-0.25, -0.2) is 0 Å². The lowest BCUT2D eigenvalue weighted by atomic mass is 9.51. The van der Waals surface area contributed by atoms with Gasteiger partial charge < -0.3 is 9.47 Å². The summed E-state index contributed by atoms with van der Waals surface area (Å²) in [6, 6.07) is 23.1. The molecule has 2 saturated carbocycles. The molecule has 0 unspecified atom stereocenters. The third-order valence-electron chi connectivity index (χ3n) is 7.22. The van der Waals surface area contributed by atoms with Crippen molar-refractivity contribution >= 4 is 0 Å². The molecule has 0 heterocycles. The van der Waals surface area contributed by atoms with Crippen LogP contribution >= 0.6 is 0 Å². The van der Waals surface area contributed by atoms with Crippen molar-refractivity contribution < 1.29 is 9.47 Å². The van der Waals surface area contributed by atoms with Crippen molar-refractivity contribution in [2.24, 2.45) is 16.2 Å². The minimum absolute atomic E-state index is 0.173. The minimum atomic E-state index is -1.90. The Hall–Kier alpha value is -4.00. The summed E-state index contributed by atoms with van der Waals surface area (Å²) in [6.07, 6.45) is 1.62. The fourth-order valence-corrected chi connectivity index (χ4v) is 5.74. The third kappa shape index (κ3) is 2.23. The van der Waals surface area contributed by atoms with Gasteiger partial charge in [0.05, 0.1) is 43.9 Å². The highest BCUT2D eigenvalue weighted by Crippen LogP contribution is 2.80. The average Bonchev–Trinajstić information content (AvgIpc) is 3.57. The summed E-state index contributed by atoms with van der Waals surface area (Å²) in [7, 11) is 3.13. The molecule has 152 valence electrons. The number of hydrogen-bond donors (Lipinski definition) is 0. The smallest absolute Gasteiger partial charge is 0.189 e. The lowest BCUT2D eigenvalue weighted by Gasteiger charge is -2.44. The van der Waals surface area contributed by atoms with Crippen LogP contribution in [-0.2, 0) is 5.41 Å². The maximum absolute atomic E-state index is 10.5. The second kappa shape index (κ2) is 6.77. The summed E-state index contributed by atoms with van der Waals surface area (Å²) in [5.41, 5.74) is -3.91. The molecule has 0 radical (unpaired) electrons. The average molecular weight is 408 g/mol. The third-order valence-corrected chi connectivity index (χ3v) is 7.22. The number of rotatable bonds is 4. The number of hydrogen-bond acceptors (Lipinski definition) is 6. The molecular formula is C25H20N4O2. The SMILES string of the molecule is COc1ccc(C2(c3ccc(OC)cc3)C3(CC3)CC(C#N)(C#N)C2(C#N)C#N)cc1. The van der Waals surface area contributed by atoms with Crippen LogP contribution < -0.4 is 9.47 Å². The van der Waals surface area contributed by atoms with E-state index < -0.39 is 21.7 Å². The largest absolute Gasteiger partial charge is 0.497 e. The van der Waals surface area contributed by atoms with Crippen LogP contribution in [0, 0.1) is 61.6 Å².